The lowest BCUT2D eigenvalue weighted by atomic mass is 10.2. The van der Waals surface area contributed by atoms with Gasteiger partial charge >= 0.3 is 0 Å². The third-order valence-corrected chi connectivity index (χ3v) is 4.03. The monoisotopic (exact) mass is 302 g/mol. The summed E-state index contributed by atoms with van der Waals surface area (Å²) in [6.07, 6.45) is 0. The Morgan fingerprint density at radius 1 is 1.05 bits per heavy atom. The number of benzene rings is 2. The average Bonchev–Trinajstić information content (AvgIpc) is 2.48. The first-order chi connectivity index (χ1) is 9.78. The Balaban J connectivity index is 1.87. The number of thioether (sulfide) groups is 1. The van der Waals surface area contributed by atoms with Crippen molar-refractivity contribution < 1.29 is 0 Å². The van der Waals surface area contributed by atoms with Crippen LogP contribution in [-0.2, 0) is 5.75 Å². The maximum absolute atomic E-state index is 5.16. The smallest absolute Gasteiger partial charge is 0.170 e. The summed E-state index contributed by atoms with van der Waals surface area (Å²) in [5.74, 6) is 0.974. The summed E-state index contributed by atoms with van der Waals surface area (Å²) in [5.41, 5.74) is 2.32. The zero-order valence-corrected chi connectivity index (χ0v) is 13.1. The van der Waals surface area contributed by atoms with E-state index < -0.39 is 0 Å². The highest BCUT2D eigenvalue weighted by Crippen LogP contribution is 2.22. The largest absolute Gasteiger partial charge is 0.363 e. The molecule has 0 spiro atoms. The Bertz CT molecular complexity index is 538. The molecule has 104 valence electrons. The summed E-state index contributed by atoms with van der Waals surface area (Å²) in [6.45, 7) is 2.86. The first-order valence-electron chi connectivity index (χ1n) is 6.59. The van der Waals surface area contributed by atoms with Crippen molar-refractivity contribution in [1.82, 2.24) is 5.32 Å². The fraction of sp³-hybridized carbons (Fsp3) is 0.188. The first kappa shape index (κ1) is 14.9. The van der Waals surface area contributed by atoms with Crippen LogP contribution in [0.15, 0.2) is 59.5 Å². The van der Waals surface area contributed by atoms with E-state index in [-0.39, 0.29) is 0 Å². The van der Waals surface area contributed by atoms with Crippen LogP contribution < -0.4 is 10.6 Å². The van der Waals surface area contributed by atoms with Gasteiger partial charge in [0.1, 0.15) is 0 Å². The van der Waals surface area contributed by atoms with Crippen molar-refractivity contribution in [1.29, 1.82) is 0 Å². The van der Waals surface area contributed by atoms with Crippen LogP contribution in [0.4, 0.5) is 5.69 Å². The van der Waals surface area contributed by atoms with Gasteiger partial charge in [0.25, 0.3) is 0 Å². The molecule has 2 rings (SSSR count). The lowest BCUT2D eigenvalue weighted by Gasteiger charge is -2.09. The Morgan fingerprint density at radius 3 is 2.40 bits per heavy atom. The molecule has 0 bridgehead atoms. The molecule has 0 fully saturated rings. The van der Waals surface area contributed by atoms with E-state index in [1.165, 1.54) is 10.5 Å². The van der Waals surface area contributed by atoms with Crippen molar-refractivity contribution in [2.75, 3.05) is 11.9 Å². The highest BCUT2D eigenvalue weighted by molar-refractivity contribution is 7.98. The minimum absolute atomic E-state index is 0.666. The highest BCUT2D eigenvalue weighted by Gasteiger charge is 1.98. The maximum Gasteiger partial charge on any atom is 0.170 e. The molecule has 0 aliphatic heterocycles. The number of rotatable bonds is 5. The van der Waals surface area contributed by atoms with Crippen molar-refractivity contribution in [3.63, 3.8) is 0 Å². The Morgan fingerprint density at radius 2 is 1.75 bits per heavy atom. The van der Waals surface area contributed by atoms with Crippen LogP contribution in [0.5, 0.6) is 0 Å². The zero-order valence-electron chi connectivity index (χ0n) is 11.4. The summed E-state index contributed by atoms with van der Waals surface area (Å²) in [6, 6.07) is 18.8. The molecule has 0 atom stereocenters. The predicted octanol–water partition coefficient (Wildman–Crippen LogP) is 4.29. The SMILES string of the molecule is CCNC(=S)Nc1ccc(CSc2ccccc2)cc1. The molecule has 2 aromatic carbocycles. The van der Waals surface area contributed by atoms with Gasteiger partial charge in [-0.3, -0.25) is 0 Å². The van der Waals surface area contributed by atoms with E-state index in [9.17, 15) is 0 Å². The summed E-state index contributed by atoms with van der Waals surface area (Å²) >= 11 is 7.00. The van der Waals surface area contributed by atoms with Crippen LogP contribution >= 0.6 is 24.0 Å². The van der Waals surface area contributed by atoms with Gasteiger partial charge in [0.2, 0.25) is 0 Å². The molecule has 0 heterocycles. The second-order valence-corrected chi connectivity index (χ2v) is 5.74. The minimum Gasteiger partial charge on any atom is -0.363 e. The van der Waals surface area contributed by atoms with Gasteiger partial charge in [-0.05, 0) is 49.0 Å². The molecule has 2 aromatic rings. The molecule has 0 amide bonds. The number of hydrogen-bond donors (Lipinski definition) is 2. The zero-order chi connectivity index (χ0) is 14.2. The molecule has 0 saturated heterocycles. The van der Waals surface area contributed by atoms with Gasteiger partial charge in [-0.25, -0.2) is 0 Å². The van der Waals surface area contributed by atoms with Gasteiger partial charge in [0, 0.05) is 22.9 Å². The van der Waals surface area contributed by atoms with Gasteiger partial charge in [0.05, 0.1) is 0 Å². The van der Waals surface area contributed by atoms with Crippen molar-refractivity contribution in [3.8, 4) is 0 Å². The second kappa shape index (κ2) is 7.92. The van der Waals surface area contributed by atoms with E-state index >= 15 is 0 Å². The molecule has 0 unspecified atom stereocenters. The van der Waals surface area contributed by atoms with E-state index in [0.717, 1.165) is 18.0 Å². The van der Waals surface area contributed by atoms with Crippen LogP contribution in [0.1, 0.15) is 12.5 Å². The molecule has 4 heteroatoms. The summed E-state index contributed by atoms with van der Waals surface area (Å²) in [5, 5.41) is 6.89. The number of thiocarbonyl (C=S) groups is 1. The van der Waals surface area contributed by atoms with Crippen molar-refractivity contribution in [2.24, 2.45) is 0 Å². The van der Waals surface area contributed by atoms with Crippen molar-refractivity contribution in [2.45, 2.75) is 17.6 Å². The lowest BCUT2D eigenvalue weighted by Crippen LogP contribution is -2.27. The first-order valence-corrected chi connectivity index (χ1v) is 7.99. The molecule has 0 aliphatic rings. The van der Waals surface area contributed by atoms with E-state index in [1.54, 1.807) is 0 Å². The molecule has 0 aliphatic carbocycles. The number of anilines is 1. The van der Waals surface area contributed by atoms with Crippen LogP contribution in [0.2, 0.25) is 0 Å². The molecular weight excluding hydrogens is 284 g/mol. The van der Waals surface area contributed by atoms with E-state index in [2.05, 4.69) is 59.2 Å². The van der Waals surface area contributed by atoms with Gasteiger partial charge in [0.15, 0.2) is 5.11 Å². The average molecular weight is 302 g/mol. The van der Waals surface area contributed by atoms with Crippen LogP contribution in [-0.4, -0.2) is 11.7 Å². The molecule has 0 aromatic heterocycles. The molecular formula is C16H18N2S2. The van der Waals surface area contributed by atoms with Crippen LogP contribution in [0, 0.1) is 0 Å². The van der Waals surface area contributed by atoms with Crippen LogP contribution in [0.3, 0.4) is 0 Å². The molecule has 0 radical (unpaired) electrons. The normalized spacial score (nSPS) is 10.1. The van der Waals surface area contributed by atoms with E-state index in [0.29, 0.717) is 5.11 Å². The van der Waals surface area contributed by atoms with Crippen molar-refractivity contribution in [3.05, 3.63) is 60.2 Å². The topological polar surface area (TPSA) is 24.1 Å². The molecule has 2 N–H and O–H groups in total. The highest BCUT2D eigenvalue weighted by atomic mass is 32.2. The standard InChI is InChI=1S/C16H18N2S2/c1-2-17-16(19)18-14-10-8-13(9-11-14)12-20-15-6-4-3-5-7-15/h3-11H,2,12H2,1H3,(H2,17,18,19). The van der Waals surface area contributed by atoms with Gasteiger partial charge in [-0.1, -0.05) is 30.3 Å². The summed E-state index contributed by atoms with van der Waals surface area (Å²) in [4.78, 5) is 1.29. The third kappa shape index (κ3) is 4.87. The predicted molar refractivity (Wildman–Crippen MR) is 92.3 cm³/mol. The summed E-state index contributed by atoms with van der Waals surface area (Å²) in [7, 11) is 0. The van der Waals surface area contributed by atoms with Gasteiger partial charge in [-0.2, -0.15) is 0 Å². The third-order valence-electron chi connectivity index (χ3n) is 2.70. The quantitative estimate of drug-likeness (QED) is 0.636. The maximum atomic E-state index is 5.16. The minimum atomic E-state index is 0.666. The fourth-order valence-electron chi connectivity index (χ4n) is 1.70. The van der Waals surface area contributed by atoms with Gasteiger partial charge in [-0.15, -0.1) is 11.8 Å². The number of hydrogen-bond acceptors (Lipinski definition) is 2. The fourth-order valence-corrected chi connectivity index (χ4v) is 2.84. The Hall–Kier alpha value is -1.52. The second-order valence-electron chi connectivity index (χ2n) is 4.28. The van der Waals surface area contributed by atoms with Crippen molar-refractivity contribution >= 4 is 34.8 Å². The lowest BCUT2D eigenvalue weighted by molar-refractivity contribution is 0.979. The molecule has 20 heavy (non-hydrogen) atoms. The molecule has 0 saturated carbocycles. The molecule has 2 nitrogen and oxygen atoms in total. The Kier molecular flexibility index (Phi) is 5.89. The summed E-state index contributed by atoms with van der Waals surface area (Å²) < 4.78 is 0. The van der Waals surface area contributed by atoms with Gasteiger partial charge < -0.3 is 10.6 Å². The van der Waals surface area contributed by atoms with E-state index in [4.69, 9.17) is 12.2 Å². The van der Waals surface area contributed by atoms with Crippen LogP contribution in [0.25, 0.3) is 0 Å². The Labute approximate surface area is 130 Å². The van der Waals surface area contributed by atoms with E-state index in [1.807, 2.05) is 24.8 Å². The number of nitrogens with one attached hydrogen (secondary N) is 2.